The normalized spacial score (nSPS) is 16.9. The molecule has 8 nitrogen and oxygen atoms in total. The van der Waals surface area contributed by atoms with E-state index in [1.54, 1.807) is 17.8 Å². The number of carbonyl (C=O) groups is 3. The first-order valence-corrected chi connectivity index (χ1v) is 11.2. The number of piperidine rings is 1. The number of hydrogen-bond acceptors (Lipinski definition) is 5. The molecule has 2 fully saturated rings. The minimum absolute atomic E-state index is 0.128. The van der Waals surface area contributed by atoms with Crippen molar-refractivity contribution < 1.29 is 18.8 Å². The third-order valence-corrected chi connectivity index (χ3v) is 6.47. The Hall–Kier alpha value is -2.97. The van der Waals surface area contributed by atoms with Crippen molar-refractivity contribution in [2.24, 2.45) is 12.5 Å². The summed E-state index contributed by atoms with van der Waals surface area (Å²) < 4.78 is 16.7. The lowest BCUT2D eigenvalue weighted by Gasteiger charge is -2.47. The maximum atomic E-state index is 15.1. The Labute approximate surface area is 187 Å². The molecule has 0 radical (unpaired) electrons. The summed E-state index contributed by atoms with van der Waals surface area (Å²) in [6.45, 7) is 5.59. The fraction of sp³-hybridized carbons (Fsp3) is 0.565. The van der Waals surface area contributed by atoms with E-state index in [-0.39, 0.29) is 30.1 Å². The molecule has 2 aliphatic rings. The van der Waals surface area contributed by atoms with Crippen LogP contribution in [0.2, 0.25) is 0 Å². The molecule has 0 atom stereocenters. The molecule has 32 heavy (non-hydrogen) atoms. The van der Waals surface area contributed by atoms with Crippen molar-refractivity contribution in [3.8, 4) is 0 Å². The highest BCUT2D eigenvalue weighted by Crippen LogP contribution is 2.47. The molecule has 174 valence electrons. The zero-order valence-corrected chi connectivity index (χ0v) is 19.3. The Morgan fingerprint density at radius 2 is 1.94 bits per heavy atom. The van der Waals surface area contributed by atoms with Gasteiger partial charge in [-0.15, -0.1) is 0 Å². The van der Waals surface area contributed by atoms with Crippen LogP contribution < -0.4 is 15.1 Å². The molecule has 2 heterocycles. The number of nitrogens with one attached hydrogen (secondary N) is 1. The summed E-state index contributed by atoms with van der Waals surface area (Å²) in [5, 5.41) is 7.45. The van der Waals surface area contributed by atoms with Gasteiger partial charge < -0.3 is 10.2 Å². The highest BCUT2D eigenvalue weighted by atomic mass is 19.1. The molecule has 4 rings (SSSR count). The summed E-state index contributed by atoms with van der Waals surface area (Å²) in [5.41, 5.74) is 1.36. The van der Waals surface area contributed by atoms with Gasteiger partial charge in [-0.2, -0.15) is 5.10 Å². The third kappa shape index (κ3) is 4.47. The lowest BCUT2D eigenvalue weighted by Crippen LogP contribution is -2.47. The Bertz CT molecular complexity index is 1000. The first-order valence-electron chi connectivity index (χ1n) is 11.2. The van der Waals surface area contributed by atoms with Gasteiger partial charge in [-0.1, -0.05) is 13.8 Å². The van der Waals surface area contributed by atoms with E-state index in [9.17, 15) is 14.4 Å². The summed E-state index contributed by atoms with van der Waals surface area (Å²) in [7, 11) is 3.28. The molecule has 0 bridgehead atoms. The topological polar surface area (TPSA) is 87.5 Å². The number of hydrogen-bond donors (Lipinski definition) is 1. The number of nitrogens with zero attached hydrogens (tertiary/aromatic N) is 4. The fourth-order valence-corrected chi connectivity index (χ4v) is 4.62. The van der Waals surface area contributed by atoms with E-state index >= 15 is 4.39 Å². The Balaban J connectivity index is 0.00000141. The van der Waals surface area contributed by atoms with Crippen molar-refractivity contribution in [2.75, 3.05) is 36.5 Å². The number of anilines is 2. The number of halogens is 1. The molecular formula is C23H32FN5O3. The zero-order valence-electron chi connectivity index (χ0n) is 19.3. The molecule has 1 aliphatic carbocycles. The second-order valence-electron chi connectivity index (χ2n) is 8.37. The minimum atomic E-state index is -0.366. The van der Waals surface area contributed by atoms with Gasteiger partial charge in [0.1, 0.15) is 11.6 Å². The first-order chi connectivity index (χ1) is 15.4. The van der Waals surface area contributed by atoms with E-state index in [2.05, 4.69) is 10.4 Å². The van der Waals surface area contributed by atoms with Crippen LogP contribution in [0.5, 0.6) is 0 Å². The summed E-state index contributed by atoms with van der Waals surface area (Å²) in [6, 6.07) is 3.19. The lowest BCUT2D eigenvalue weighted by molar-refractivity contribution is -0.134. The molecule has 1 aromatic heterocycles. The van der Waals surface area contributed by atoms with Crippen molar-refractivity contribution in [1.82, 2.24) is 15.1 Å². The molecule has 1 spiro atoms. The maximum absolute atomic E-state index is 15.1. The molecule has 1 aromatic carbocycles. The molecule has 2 aromatic rings. The number of aryl methyl sites for hydroxylation is 1. The molecule has 1 N–H and O–H groups in total. The quantitative estimate of drug-likeness (QED) is 0.691. The van der Waals surface area contributed by atoms with Crippen LogP contribution in [0, 0.1) is 11.2 Å². The van der Waals surface area contributed by atoms with Crippen molar-refractivity contribution in [3.05, 3.63) is 17.9 Å². The van der Waals surface area contributed by atoms with Crippen LogP contribution in [0.4, 0.5) is 15.9 Å². The molecule has 1 aliphatic heterocycles. The molecule has 1 saturated carbocycles. The predicted molar refractivity (Wildman–Crippen MR) is 122 cm³/mol. The van der Waals surface area contributed by atoms with Gasteiger partial charge in [-0.25, -0.2) is 4.39 Å². The van der Waals surface area contributed by atoms with Gasteiger partial charge in [-0.05, 0) is 30.4 Å². The Morgan fingerprint density at radius 3 is 2.50 bits per heavy atom. The van der Waals surface area contributed by atoms with Crippen molar-refractivity contribution in [1.29, 1.82) is 0 Å². The Morgan fingerprint density at radius 1 is 1.28 bits per heavy atom. The fourth-order valence-electron chi connectivity index (χ4n) is 4.62. The monoisotopic (exact) mass is 445 g/mol. The maximum Gasteiger partial charge on any atom is 0.221 e. The molecule has 0 unspecified atom stereocenters. The Kier molecular flexibility index (Phi) is 7.16. The number of rotatable bonds is 6. The second kappa shape index (κ2) is 9.67. The van der Waals surface area contributed by atoms with E-state index < -0.39 is 0 Å². The smallest absolute Gasteiger partial charge is 0.221 e. The molecule has 9 heteroatoms. The SMILES string of the molecule is CC.CNC(=O)CCN(C=O)c1nn(C)c2cc(N3CCC4(CC3)CC(=O)C4)c(F)cc12. The summed E-state index contributed by atoms with van der Waals surface area (Å²) in [6.07, 6.45) is 3.85. The average molecular weight is 446 g/mol. The number of Topliss-reactive ketones (excluding diaryl/α,β-unsaturated/α-hetero) is 1. The average Bonchev–Trinajstić information content (AvgIpc) is 3.09. The van der Waals surface area contributed by atoms with Gasteiger partial charge in [0, 0.05) is 58.4 Å². The van der Waals surface area contributed by atoms with E-state index in [1.807, 2.05) is 18.7 Å². The van der Waals surface area contributed by atoms with E-state index in [1.165, 1.54) is 18.0 Å². The van der Waals surface area contributed by atoms with Crippen LogP contribution in [-0.2, 0) is 21.4 Å². The van der Waals surface area contributed by atoms with Crippen LogP contribution in [0.1, 0.15) is 46.0 Å². The highest BCUT2D eigenvalue weighted by Gasteiger charge is 2.45. The number of amides is 2. The van der Waals surface area contributed by atoms with E-state index in [4.69, 9.17) is 0 Å². The molecule has 1 saturated heterocycles. The van der Waals surface area contributed by atoms with Crippen molar-refractivity contribution in [3.63, 3.8) is 0 Å². The van der Waals surface area contributed by atoms with Gasteiger partial charge in [0.25, 0.3) is 0 Å². The number of fused-ring (bicyclic) bond motifs is 1. The van der Waals surface area contributed by atoms with E-state index in [0.717, 1.165) is 12.8 Å². The zero-order chi connectivity index (χ0) is 23.5. The van der Waals surface area contributed by atoms with Crippen LogP contribution in [0.25, 0.3) is 10.9 Å². The van der Waals surface area contributed by atoms with Gasteiger partial charge in [0.15, 0.2) is 5.82 Å². The van der Waals surface area contributed by atoms with Gasteiger partial charge in [0.05, 0.1) is 11.2 Å². The molecular weight excluding hydrogens is 413 g/mol. The van der Waals surface area contributed by atoms with Crippen molar-refractivity contribution in [2.45, 2.75) is 46.0 Å². The largest absolute Gasteiger partial charge is 0.369 e. The van der Waals surface area contributed by atoms with Crippen molar-refractivity contribution >= 4 is 40.5 Å². The van der Waals surface area contributed by atoms with Gasteiger partial charge in [-0.3, -0.25) is 24.0 Å². The number of aromatic nitrogens is 2. The van der Waals surface area contributed by atoms with Crippen LogP contribution in [0.3, 0.4) is 0 Å². The lowest BCUT2D eigenvalue weighted by atomic mass is 9.62. The second-order valence-corrected chi connectivity index (χ2v) is 8.37. The summed E-state index contributed by atoms with van der Waals surface area (Å²) >= 11 is 0. The standard InChI is InChI=1S/C21H26FN5O3.C2H6/c1-23-19(30)3-6-27(13-28)20-15-9-16(22)18(10-17(15)25(2)24-20)26-7-4-21(5-8-26)11-14(29)12-21;1-2/h9-10,13H,3-8,11-12H2,1-2H3,(H,23,30);1-2H3. The first kappa shape index (κ1) is 23.7. The minimum Gasteiger partial charge on any atom is -0.369 e. The highest BCUT2D eigenvalue weighted by molar-refractivity contribution is 5.97. The summed E-state index contributed by atoms with van der Waals surface area (Å²) in [4.78, 5) is 37.9. The third-order valence-electron chi connectivity index (χ3n) is 6.47. The number of carbonyl (C=O) groups excluding carboxylic acids is 3. The molecule has 2 amide bonds. The van der Waals surface area contributed by atoms with Crippen LogP contribution in [-0.4, -0.2) is 54.6 Å². The van der Waals surface area contributed by atoms with Gasteiger partial charge in [0.2, 0.25) is 12.3 Å². The van der Waals surface area contributed by atoms with Gasteiger partial charge >= 0.3 is 0 Å². The van der Waals surface area contributed by atoms with Crippen LogP contribution in [0.15, 0.2) is 12.1 Å². The number of ketones is 1. The summed E-state index contributed by atoms with van der Waals surface area (Å²) in [5.74, 6) is 0.109. The van der Waals surface area contributed by atoms with E-state index in [0.29, 0.717) is 60.5 Å². The van der Waals surface area contributed by atoms with Crippen LogP contribution >= 0.6 is 0 Å². The predicted octanol–water partition coefficient (Wildman–Crippen LogP) is 2.79. The number of benzene rings is 1.